The van der Waals surface area contributed by atoms with E-state index in [1.807, 2.05) is 32.2 Å². The molecule has 4 aromatic heterocycles. The minimum Gasteiger partial charge on any atom is -0.385 e. The highest BCUT2D eigenvalue weighted by Gasteiger charge is 2.26. The molecule has 0 bridgehead atoms. The van der Waals surface area contributed by atoms with Crippen molar-refractivity contribution in [3.63, 3.8) is 0 Å². The Kier molecular flexibility index (Phi) is 6.81. The third kappa shape index (κ3) is 4.68. The lowest BCUT2D eigenvalue weighted by molar-refractivity contribution is 0.0825. The van der Waals surface area contributed by atoms with Crippen molar-refractivity contribution in [2.45, 2.75) is 53.2 Å². The molecule has 1 unspecified atom stereocenters. The predicted octanol–water partition coefficient (Wildman–Crippen LogP) is 4.76. The van der Waals surface area contributed by atoms with Crippen LogP contribution in [0.25, 0.3) is 21.3 Å². The minimum absolute atomic E-state index is 0.0538. The van der Waals surface area contributed by atoms with Crippen LogP contribution in [0.1, 0.15) is 65.9 Å². The number of carbonyl (C=O) groups is 1. The monoisotopic (exact) mass is 507 g/mol. The second-order valence-corrected chi connectivity index (χ2v) is 10.7. The summed E-state index contributed by atoms with van der Waals surface area (Å²) in [5.41, 5.74) is 4.29. The summed E-state index contributed by atoms with van der Waals surface area (Å²) in [6, 6.07) is 5.63. The number of hydrogen-bond donors (Lipinski definition) is 4. The zero-order valence-corrected chi connectivity index (χ0v) is 22.6. The van der Waals surface area contributed by atoms with Gasteiger partial charge in [-0.1, -0.05) is 0 Å². The number of aromatic amines is 1. The van der Waals surface area contributed by atoms with Crippen LogP contribution in [0.5, 0.6) is 0 Å². The number of aromatic nitrogens is 3. The van der Waals surface area contributed by atoms with Crippen LogP contribution in [0.3, 0.4) is 0 Å². The average molecular weight is 508 g/mol. The van der Waals surface area contributed by atoms with Gasteiger partial charge >= 0.3 is 0 Å². The lowest BCUT2D eigenvalue weighted by Crippen LogP contribution is -2.23. The largest absolute Gasteiger partial charge is 0.385 e. The van der Waals surface area contributed by atoms with Gasteiger partial charge in [0.2, 0.25) is 0 Å². The number of H-pyrrole nitrogens is 1. The number of rotatable bonds is 7. The van der Waals surface area contributed by atoms with Crippen LogP contribution < -0.4 is 16.2 Å². The standard InChI is InChI=1S/C27H33N5O3S/c1-8-28-25(33)20-11-17-18(13-32(7)26(34)23(17)31-20)24-19(12-21(36-24)27(5,6)35)30-16(4)22-14(2)9-10-29-15(22)3/h9-13,16,30-31,35H,8H2,1-7H3,(H,28,33). The third-order valence-corrected chi connectivity index (χ3v) is 7.82. The summed E-state index contributed by atoms with van der Waals surface area (Å²) < 4.78 is 1.52. The SMILES string of the molecule is CCNC(=O)c1cc2c(-c3sc(C(C)(C)O)cc3NC(C)c3c(C)ccnc3C)cn(C)c(=O)c2[nH]1. The van der Waals surface area contributed by atoms with Gasteiger partial charge in [-0.05, 0) is 70.9 Å². The molecule has 4 heterocycles. The predicted molar refractivity (Wildman–Crippen MR) is 146 cm³/mol. The fraction of sp³-hybridized carbons (Fsp3) is 0.370. The molecule has 1 atom stereocenters. The molecule has 0 radical (unpaired) electrons. The molecule has 9 heteroatoms. The quantitative estimate of drug-likeness (QED) is 0.288. The van der Waals surface area contributed by atoms with Gasteiger partial charge in [-0.25, -0.2) is 0 Å². The van der Waals surface area contributed by atoms with Crippen LogP contribution >= 0.6 is 11.3 Å². The zero-order valence-electron chi connectivity index (χ0n) is 21.7. The van der Waals surface area contributed by atoms with E-state index in [1.54, 1.807) is 33.2 Å². The highest BCUT2D eigenvalue weighted by Crippen LogP contribution is 2.44. The molecule has 0 aliphatic heterocycles. The molecule has 190 valence electrons. The van der Waals surface area contributed by atoms with E-state index in [0.29, 0.717) is 23.1 Å². The van der Waals surface area contributed by atoms with Gasteiger partial charge in [-0.15, -0.1) is 11.3 Å². The molecule has 1 amide bonds. The van der Waals surface area contributed by atoms with Gasteiger partial charge in [0, 0.05) is 47.5 Å². The fourth-order valence-corrected chi connectivity index (χ4v) is 5.71. The van der Waals surface area contributed by atoms with E-state index in [2.05, 4.69) is 34.4 Å². The van der Waals surface area contributed by atoms with Crippen LogP contribution in [-0.4, -0.2) is 32.1 Å². The van der Waals surface area contributed by atoms with Crippen molar-refractivity contribution in [3.05, 3.63) is 68.3 Å². The van der Waals surface area contributed by atoms with E-state index >= 15 is 0 Å². The molecule has 0 saturated heterocycles. The Bertz CT molecular complexity index is 1490. The van der Waals surface area contributed by atoms with Crippen molar-refractivity contribution >= 4 is 33.8 Å². The molecule has 0 spiro atoms. The zero-order chi connectivity index (χ0) is 26.4. The fourth-order valence-electron chi connectivity index (χ4n) is 4.56. The maximum absolute atomic E-state index is 12.9. The maximum Gasteiger partial charge on any atom is 0.274 e. The van der Waals surface area contributed by atoms with Gasteiger partial charge in [-0.3, -0.25) is 14.6 Å². The smallest absolute Gasteiger partial charge is 0.274 e. The Labute approximate surface area is 214 Å². The van der Waals surface area contributed by atoms with E-state index in [-0.39, 0.29) is 17.5 Å². The van der Waals surface area contributed by atoms with Crippen LogP contribution in [0.4, 0.5) is 5.69 Å². The number of nitrogens with zero attached hydrogens (tertiary/aromatic N) is 2. The van der Waals surface area contributed by atoms with Gasteiger partial charge in [-0.2, -0.15) is 0 Å². The summed E-state index contributed by atoms with van der Waals surface area (Å²) in [5.74, 6) is -0.264. The molecule has 0 aliphatic carbocycles. The topological polar surface area (TPSA) is 112 Å². The van der Waals surface area contributed by atoms with Crippen molar-refractivity contribution in [3.8, 4) is 10.4 Å². The number of anilines is 1. The Hall–Kier alpha value is -3.43. The number of hydrogen-bond acceptors (Lipinski definition) is 6. The molecule has 4 N–H and O–H groups in total. The lowest BCUT2D eigenvalue weighted by atomic mass is 10.0. The van der Waals surface area contributed by atoms with Crippen molar-refractivity contribution in [1.82, 2.24) is 19.9 Å². The molecular weight excluding hydrogens is 474 g/mol. The first-order chi connectivity index (χ1) is 16.9. The maximum atomic E-state index is 12.9. The van der Waals surface area contributed by atoms with Gasteiger partial charge in [0.25, 0.3) is 11.5 Å². The highest BCUT2D eigenvalue weighted by molar-refractivity contribution is 7.16. The van der Waals surface area contributed by atoms with E-state index in [9.17, 15) is 14.7 Å². The van der Waals surface area contributed by atoms with Gasteiger partial charge < -0.3 is 25.3 Å². The number of carbonyl (C=O) groups excluding carboxylic acids is 1. The number of nitrogens with one attached hydrogen (secondary N) is 3. The molecule has 0 aliphatic rings. The molecular formula is C27H33N5O3S. The number of pyridine rings is 2. The first kappa shape index (κ1) is 25.7. The molecule has 4 rings (SSSR count). The van der Waals surface area contributed by atoms with E-state index < -0.39 is 5.60 Å². The van der Waals surface area contributed by atoms with Gasteiger partial charge in [0.1, 0.15) is 11.2 Å². The molecule has 0 aromatic carbocycles. The second-order valence-electron chi connectivity index (χ2n) is 9.70. The number of aryl methyl sites for hydroxylation is 3. The Balaban J connectivity index is 1.91. The summed E-state index contributed by atoms with van der Waals surface area (Å²) in [4.78, 5) is 34.6. The van der Waals surface area contributed by atoms with Crippen LogP contribution in [0.15, 0.2) is 35.4 Å². The summed E-state index contributed by atoms with van der Waals surface area (Å²) in [6.07, 6.45) is 3.60. The second kappa shape index (κ2) is 9.55. The average Bonchev–Trinajstić information content (AvgIpc) is 3.42. The van der Waals surface area contributed by atoms with Crippen molar-refractivity contribution in [1.29, 1.82) is 0 Å². The summed E-state index contributed by atoms with van der Waals surface area (Å²) in [5, 5.41) is 17.9. The molecule has 36 heavy (non-hydrogen) atoms. The molecule has 0 fully saturated rings. The van der Waals surface area contributed by atoms with Crippen LogP contribution in [-0.2, 0) is 12.6 Å². The third-order valence-electron chi connectivity index (χ3n) is 6.34. The van der Waals surface area contributed by atoms with E-state index in [1.165, 1.54) is 15.9 Å². The first-order valence-corrected chi connectivity index (χ1v) is 12.8. The van der Waals surface area contributed by atoms with Crippen LogP contribution in [0, 0.1) is 13.8 Å². The number of aliphatic hydroxyl groups is 1. The molecule has 4 aromatic rings. The summed E-state index contributed by atoms with van der Waals surface area (Å²) >= 11 is 1.46. The Morgan fingerprint density at radius 1 is 1.31 bits per heavy atom. The molecule has 8 nitrogen and oxygen atoms in total. The lowest BCUT2D eigenvalue weighted by Gasteiger charge is -2.20. The normalized spacial score (nSPS) is 12.7. The van der Waals surface area contributed by atoms with Crippen molar-refractivity contribution in [2.75, 3.05) is 11.9 Å². The highest BCUT2D eigenvalue weighted by atomic mass is 32.1. The van der Waals surface area contributed by atoms with Gasteiger partial charge in [0.05, 0.1) is 22.2 Å². The summed E-state index contributed by atoms with van der Waals surface area (Å²) in [6.45, 7) is 12.0. The summed E-state index contributed by atoms with van der Waals surface area (Å²) in [7, 11) is 1.69. The molecule has 0 saturated carbocycles. The Morgan fingerprint density at radius 2 is 2.03 bits per heavy atom. The van der Waals surface area contributed by atoms with Gasteiger partial charge in [0.15, 0.2) is 0 Å². The first-order valence-electron chi connectivity index (χ1n) is 12.0. The Morgan fingerprint density at radius 3 is 2.67 bits per heavy atom. The van der Waals surface area contributed by atoms with Crippen molar-refractivity contribution < 1.29 is 9.90 Å². The van der Waals surface area contributed by atoms with E-state index in [0.717, 1.165) is 37.8 Å². The van der Waals surface area contributed by atoms with Crippen LogP contribution in [0.2, 0.25) is 0 Å². The number of thiophene rings is 1. The number of amides is 1. The minimum atomic E-state index is -1.05. The number of fused-ring (bicyclic) bond motifs is 1. The van der Waals surface area contributed by atoms with Crippen molar-refractivity contribution in [2.24, 2.45) is 7.05 Å². The van der Waals surface area contributed by atoms with E-state index in [4.69, 9.17) is 0 Å².